The SMILES string of the molecule is CCCOCCC(c1ccc(OC)c(OC)c1)N1CCCCC1. The fraction of sp³-hybridized carbons (Fsp3) is 0.684. The van der Waals surface area contributed by atoms with Crippen LogP contribution in [0.2, 0.25) is 0 Å². The third-order valence-corrected chi connectivity index (χ3v) is 4.51. The van der Waals surface area contributed by atoms with Gasteiger partial charge in [0.1, 0.15) is 0 Å². The third-order valence-electron chi connectivity index (χ3n) is 4.51. The molecule has 1 saturated heterocycles. The summed E-state index contributed by atoms with van der Waals surface area (Å²) in [6.07, 6.45) is 6.03. The van der Waals surface area contributed by atoms with E-state index in [-0.39, 0.29) is 0 Å². The highest BCUT2D eigenvalue weighted by molar-refractivity contribution is 5.43. The van der Waals surface area contributed by atoms with Crippen molar-refractivity contribution in [3.8, 4) is 11.5 Å². The largest absolute Gasteiger partial charge is 0.493 e. The van der Waals surface area contributed by atoms with Crippen molar-refractivity contribution in [2.75, 3.05) is 40.5 Å². The summed E-state index contributed by atoms with van der Waals surface area (Å²) >= 11 is 0. The smallest absolute Gasteiger partial charge is 0.161 e. The lowest BCUT2D eigenvalue weighted by Crippen LogP contribution is -2.34. The van der Waals surface area contributed by atoms with E-state index in [1.807, 2.05) is 6.07 Å². The van der Waals surface area contributed by atoms with E-state index in [0.717, 1.165) is 37.6 Å². The molecule has 1 aliphatic rings. The maximum absolute atomic E-state index is 5.74. The molecular weight excluding hydrogens is 290 g/mol. The van der Waals surface area contributed by atoms with Crippen LogP contribution in [0.3, 0.4) is 0 Å². The van der Waals surface area contributed by atoms with Crippen LogP contribution in [0.1, 0.15) is 50.6 Å². The van der Waals surface area contributed by atoms with Crippen molar-refractivity contribution in [2.24, 2.45) is 0 Å². The summed E-state index contributed by atoms with van der Waals surface area (Å²) in [5.74, 6) is 1.59. The van der Waals surface area contributed by atoms with Crippen LogP contribution in [-0.2, 0) is 4.74 Å². The number of nitrogens with zero attached hydrogens (tertiary/aromatic N) is 1. The van der Waals surface area contributed by atoms with Crippen LogP contribution in [0.4, 0.5) is 0 Å². The van der Waals surface area contributed by atoms with E-state index in [1.165, 1.54) is 37.9 Å². The highest BCUT2D eigenvalue weighted by Crippen LogP contribution is 2.34. The van der Waals surface area contributed by atoms with Crippen molar-refractivity contribution in [3.63, 3.8) is 0 Å². The highest BCUT2D eigenvalue weighted by atomic mass is 16.5. The van der Waals surface area contributed by atoms with Gasteiger partial charge in [0.05, 0.1) is 14.2 Å². The minimum atomic E-state index is 0.395. The Morgan fingerprint density at radius 1 is 1.00 bits per heavy atom. The second-order valence-corrected chi connectivity index (χ2v) is 6.13. The van der Waals surface area contributed by atoms with E-state index in [4.69, 9.17) is 14.2 Å². The molecule has 2 rings (SSSR count). The number of rotatable bonds is 9. The summed E-state index contributed by atoms with van der Waals surface area (Å²) in [4.78, 5) is 2.60. The Morgan fingerprint density at radius 3 is 2.39 bits per heavy atom. The second-order valence-electron chi connectivity index (χ2n) is 6.13. The van der Waals surface area contributed by atoms with E-state index in [0.29, 0.717) is 6.04 Å². The lowest BCUT2D eigenvalue weighted by molar-refractivity contribution is 0.0883. The van der Waals surface area contributed by atoms with Gasteiger partial charge in [0.25, 0.3) is 0 Å². The summed E-state index contributed by atoms with van der Waals surface area (Å²) in [5.41, 5.74) is 1.30. The Hall–Kier alpha value is -1.26. The molecule has 0 N–H and O–H groups in total. The number of benzene rings is 1. The summed E-state index contributed by atoms with van der Waals surface area (Å²) < 4.78 is 16.6. The molecule has 0 bridgehead atoms. The van der Waals surface area contributed by atoms with Gasteiger partial charge in [-0.15, -0.1) is 0 Å². The predicted octanol–water partition coefficient (Wildman–Crippen LogP) is 4.05. The third kappa shape index (κ3) is 5.11. The maximum atomic E-state index is 5.74. The first-order valence-corrected chi connectivity index (χ1v) is 8.83. The molecule has 1 aromatic rings. The molecule has 0 radical (unpaired) electrons. The van der Waals surface area contributed by atoms with Gasteiger partial charge in [0.2, 0.25) is 0 Å². The number of hydrogen-bond donors (Lipinski definition) is 0. The second kappa shape index (κ2) is 9.78. The van der Waals surface area contributed by atoms with Crippen molar-refractivity contribution >= 4 is 0 Å². The fourth-order valence-electron chi connectivity index (χ4n) is 3.29. The van der Waals surface area contributed by atoms with Crippen molar-refractivity contribution < 1.29 is 14.2 Å². The lowest BCUT2D eigenvalue weighted by atomic mass is 9.98. The number of hydrogen-bond acceptors (Lipinski definition) is 4. The zero-order valence-corrected chi connectivity index (χ0v) is 14.8. The van der Waals surface area contributed by atoms with Crippen LogP contribution >= 0.6 is 0 Å². The molecule has 1 unspecified atom stereocenters. The molecule has 0 spiro atoms. The molecule has 1 fully saturated rings. The van der Waals surface area contributed by atoms with Gasteiger partial charge in [0.15, 0.2) is 11.5 Å². The number of methoxy groups -OCH3 is 2. The predicted molar refractivity (Wildman–Crippen MR) is 93.4 cm³/mol. The zero-order chi connectivity index (χ0) is 16.5. The van der Waals surface area contributed by atoms with Gasteiger partial charge in [-0.2, -0.15) is 0 Å². The molecular formula is C19H31NO3. The number of ether oxygens (including phenoxy) is 3. The first kappa shape index (κ1) is 18.1. The molecule has 130 valence electrons. The summed E-state index contributed by atoms with van der Waals surface area (Å²) in [6.45, 7) is 6.15. The molecule has 1 heterocycles. The molecule has 1 atom stereocenters. The van der Waals surface area contributed by atoms with Crippen molar-refractivity contribution in [1.29, 1.82) is 0 Å². The lowest BCUT2D eigenvalue weighted by Gasteiger charge is -2.35. The summed E-state index contributed by atoms with van der Waals surface area (Å²) in [5, 5.41) is 0. The standard InChI is InChI=1S/C19H31NO3/c1-4-13-23-14-10-17(20-11-6-5-7-12-20)16-8-9-18(21-2)19(15-16)22-3/h8-9,15,17H,4-7,10-14H2,1-3H3. The molecule has 0 aliphatic carbocycles. The van der Waals surface area contributed by atoms with E-state index in [1.54, 1.807) is 14.2 Å². The topological polar surface area (TPSA) is 30.9 Å². The first-order chi connectivity index (χ1) is 11.3. The Labute approximate surface area is 140 Å². The van der Waals surface area contributed by atoms with Gasteiger partial charge >= 0.3 is 0 Å². The maximum Gasteiger partial charge on any atom is 0.161 e. The molecule has 0 aromatic heterocycles. The normalized spacial score (nSPS) is 17.0. The molecule has 0 saturated carbocycles. The van der Waals surface area contributed by atoms with Gasteiger partial charge in [0, 0.05) is 19.3 Å². The van der Waals surface area contributed by atoms with Crippen molar-refractivity contribution in [2.45, 2.75) is 45.1 Å². The Bertz CT molecular complexity index is 458. The van der Waals surface area contributed by atoms with E-state index < -0.39 is 0 Å². The first-order valence-electron chi connectivity index (χ1n) is 8.83. The molecule has 4 heteroatoms. The highest BCUT2D eigenvalue weighted by Gasteiger charge is 2.23. The van der Waals surface area contributed by atoms with Gasteiger partial charge in [-0.1, -0.05) is 19.4 Å². The van der Waals surface area contributed by atoms with Crippen LogP contribution in [0.15, 0.2) is 18.2 Å². The molecule has 23 heavy (non-hydrogen) atoms. The minimum Gasteiger partial charge on any atom is -0.493 e. The van der Waals surface area contributed by atoms with Gasteiger partial charge in [-0.3, -0.25) is 4.90 Å². The van der Waals surface area contributed by atoms with E-state index in [9.17, 15) is 0 Å². The van der Waals surface area contributed by atoms with Gasteiger partial charge in [-0.25, -0.2) is 0 Å². The van der Waals surface area contributed by atoms with Crippen LogP contribution in [0, 0.1) is 0 Å². The number of likely N-dealkylation sites (tertiary alicyclic amines) is 1. The van der Waals surface area contributed by atoms with Crippen molar-refractivity contribution in [1.82, 2.24) is 4.90 Å². The molecule has 0 amide bonds. The van der Waals surface area contributed by atoms with Crippen LogP contribution in [-0.4, -0.2) is 45.4 Å². The van der Waals surface area contributed by atoms with Crippen LogP contribution in [0.25, 0.3) is 0 Å². The van der Waals surface area contributed by atoms with Crippen LogP contribution in [0.5, 0.6) is 11.5 Å². The minimum absolute atomic E-state index is 0.395. The summed E-state index contributed by atoms with van der Waals surface area (Å²) in [7, 11) is 3.38. The molecule has 1 aliphatic heterocycles. The monoisotopic (exact) mass is 321 g/mol. The molecule has 1 aromatic carbocycles. The quantitative estimate of drug-likeness (QED) is 0.642. The Kier molecular flexibility index (Phi) is 7.69. The fourth-order valence-corrected chi connectivity index (χ4v) is 3.29. The van der Waals surface area contributed by atoms with Gasteiger partial charge < -0.3 is 14.2 Å². The Morgan fingerprint density at radius 2 is 1.74 bits per heavy atom. The number of piperidine rings is 1. The average Bonchev–Trinajstić information content (AvgIpc) is 2.62. The molecule has 4 nitrogen and oxygen atoms in total. The zero-order valence-electron chi connectivity index (χ0n) is 14.8. The average molecular weight is 321 g/mol. The van der Waals surface area contributed by atoms with Crippen molar-refractivity contribution in [3.05, 3.63) is 23.8 Å². The Balaban J connectivity index is 2.14. The summed E-state index contributed by atoms with van der Waals surface area (Å²) in [6, 6.07) is 6.70. The van der Waals surface area contributed by atoms with E-state index >= 15 is 0 Å². The van der Waals surface area contributed by atoms with Gasteiger partial charge in [-0.05, 0) is 56.5 Å². The van der Waals surface area contributed by atoms with E-state index in [2.05, 4.69) is 24.0 Å². The van der Waals surface area contributed by atoms with Crippen LogP contribution < -0.4 is 9.47 Å².